The molecule has 0 saturated heterocycles. The number of fused-ring (bicyclic) bond motifs is 1. The molecule has 0 aliphatic heterocycles. The quantitative estimate of drug-likeness (QED) is 0.392. The number of carbonyl (C=O) groups excluding carboxylic acids is 1. The highest BCUT2D eigenvalue weighted by molar-refractivity contribution is 6.03. The zero-order valence-corrected chi connectivity index (χ0v) is 16.5. The summed E-state index contributed by atoms with van der Waals surface area (Å²) in [5.41, 5.74) is 5.67. The summed E-state index contributed by atoms with van der Waals surface area (Å²) in [4.78, 5) is 12.5. The lowest BCUT2D eigenvalue weighted by Crippen LogP contribution is -2.26. The Morgan fingerprint density at radius 3 is 2.54 bits per heavy atom. The minimum absolute atomic E-state index is 0.347. The average Bonchev–Trinajstić information content (AvgIpc) is 3.26. The molecule has 0 radical (unpaired) electrons. The predicted molar refractivity (Wildman–Crippen MR) is 114 cm³/mol. The molecule has 0 saturated carbocycles. The highest BCUT2D eigenvalue weighted by atomic mass is 16.6. The van der Waals surface area contributed by atoms with Crippen molar-refractivity contribution in [1.82, 2.24) is 4.57 Å². The molecule has 1 aliphatic carbocycles. The molecule has 0 spiro atoms. The van der Waals surface area contributed by atoms with Crippen LogP contribution in [0.3, 0.4) is 0 Å². The first-order valence-corrected chi connectivity index (χ1v) is 9.79. The van der Waals surface area contributed by atoms with Crippen molar-refractivity contribution in [1.29, 1.82) is 0 Å². The molecule has 0 bridgehead atoms. The topological polar surface area (TPSA) is 31.2 Å². The van der Waals surface area contributed by atoms with Gasteiger partial charge in [0, 0.05) is 11.6 Å². The summed E-state index contributed by atoms with van der Waals surface area (Å²) >= 11 is 0. The Hall–Kier alpha value is -3.07. The van der Waals surface area contributed by atoms with Gasteiger partial charge >= 0.3 is 6.09 Å². The third kappa shape index (κ3) is 2.70. The second kappa shape index (κ2) is 5.96. The van der Waals surface area contributed by atoms with Gasteiger partial charge in [-0.25, -0.2) is 4.79 Å². The van der Waals surface area contributed by atoms with Crippen LogP contribution in [0.15, 0.2) is 60.8 Å². The maximum absolute atomic E-state index is 12.5. The van der Waals surface area contributed by atoms with E-state index in [-0.39, 0.29) is 6.09 Å². The van der Waals surface area contributed by atoms with Crippen molar-refractivity contribution in [2.75, 3.05) is 0 Å². The van der Waals surface area contributed by atoms with Gasteiger partial charge in [-0.05, 0) is 84.8 Å². The Morgan fingerprint density at radius 2 is 1.75 bits per heavy atom. The molecule has 3 heteroatoms. The number of hydrogen-bond donors (Lipinski definition) is 0. The number of aromatic nitrogens is 1. The number of nitrogens with zero attached hydrogens (tertiary/aromatic N) is 1. The minimum atomic E-state index is -0.516. The van der Waals surface area contributed by atoms with E-state index in [9.17, 15) is 4.79 Å². The van der Waals surface area contributed by atoms with Crippen LogP contribution >= 0.6 is 0 Å². The second-order valence-corrected chi connectivity index (χ2v) is 8.55. The van der Waals surface area contributed by atoms with Crippen LogP contribution in [0.5, 0.6) is 0 Å². The van der Waals surface area contributed by atoms with E-state index in [0.29, 0.717) is 0 Å². The second-order valence-electron chi connectivity index (χ2n) is 8.55. The van der Waals surface area contributed by atoms with E-state index in [0.717, 1.165) is 23.7 Å². The van der Waals surface area contributed by atoms with E-state index in [4.69, 9.17) is 4.74 Å². The van der Waals surface area contributed by atoms with E-state index in [1.807, 2.05) is 32.9 Å². The molecule has 140 valence electrons. The minimum Gasteiger partial charge on any atom is -0.443 e. The molecule has 1 heterocycles. The Balaban J connectivity index is 1.61. The molecule has 0 fully saturated rings. The van der Waals surface area contributed by atoms with Crippen LogP contribution in [-0.4, -0.2) is 16.3 Å². The summed E-state index contributed by atoms with van der Waals surface area (Å²) in [6, 6.07) is 19.4. The van der Waals surface area contributed by atoms with Gasteiger partial charge in [0.25, 0.3) is 0 Å². The van der Waals surface area contributed by atoms with Crippen LogP contribution in [0, 0.1) is 0 Å². The van der Waals surface area contributed by atoms with Crippen molar-refractivity contribution in [3.8, 4) is 11.1 Å². The Bertz CT molecular complexity index is 1230. The van der Waals surface area contributed by atoms with Crippen LogP contribution in [0.25, 0.3) is 32.8 Å². The first kappa shape index (κ1) is 17.1. The van der Waals surface area contributed by atoms with Gasteiger partial charge in [-0.1, -0.05) is 36.4 Å². The largest absolute Gasteiger partial charge is 0.443 e. The van der Waals surface area contributed by atoms with E-state index in [2.05, 4.69) is 42.5 Å². The lowest BCUT2D eigenvalue weighted by Gasteiger charge is -2.19. The van der Waals surface area contributed by atoms with Crippen molar-refractivity contribution >= 4 is 27.8 Å². The highest BCUT2D eigenvalue weighted by Gasteiger charge is 2.20. The Labute approximate surface area is 164 Å². The van der Waals surface area contributed by atoms with Gasteiger partial charge in [0.05, 0.1) is 5.52 Å². The Kier molecular flexibility index (Phi) is 3.63. The summed E-state index contributed by atoms with van der Waals surface area (Å²) in [6.07, 6.45) is 3.71. The summed E-state index contributed by atoms with van der Waals surface area (Å²) < 4.78 is 7.10. The number of rotatable bonds is 1. The van der Waals surface area contributed by atoms with Crippen LogP contribution in [0.1, 0.15) is 31.9 Å². The number of benzene rings is 3. The number of hydrogen-bond acceptors (Lipinski definition) is 2. The van der Waals surface area contributed by atoms with E-state index >= 15 is 0 Å². The third-order valence-electron chi connectivity index (χ3n) is 5.47. The van der Waals surface area contributed by atoms with Crippen LogP contribution < -0.4 is 0 Å². The molecule has 5 rings (SSSR count). The van der Waals surface area contributed by atoms with Gasteiger partial charge in [0.15, 0.2) is 0 Å². The van der Waals surface area contributed by atoms with Crippen molar-refractivity contribution < 1.29 is 9.53 Å². The predicted octanol–water partition coefficient (Wildman–Crippen LogP) is 6.34. The Morgan fingerprint density at radius 1 is 0.964 bits per heavy atom. The molecule has 1 aromatic heterocycles. The van der Waals surface area contributed by atoms with Crippen LogP contribution in [0.4, 0.5) is 4.79 Å². The number of aryl methyl sites for hydroxylation is 2. The van der Waals surface area contributed by atoms with E-state index in [1.165, 1.54) is 33.0 Å². The fraction of sp³-hybridized carbons (Fsp3) is 0.240. The fourth-order valence-corrected chi connectivity index (χ4v) is 4.28. The van der Waals surface area contributed by atoms with Crippen LogP contribution in [0.2, 0.25) is 0 Å². The molecule has 4 aromatic rings. The summed E-state index contributed by atoms with van der Waals surface area (Å²) in [5, 5.41) is 3.77. The fourth-order valence-electron chi connectivity index (χ4n) is 4.28. The van der Waals surface area contributed by atoms with Crippen molar-refractivity contribution in [2.45, 2.75) is 39.2 Å². The lowest BCUT2D eigenvalue weighted by atomic mass is 9.95. The molecule has 0 atom stereocenters. The maximum Gasteiger partial charge on any atom is 0.418 e. The molecule has 0 N–H and O–H groups in total. The van der Waals surface area contributed by atoms with Crippen molar-refractivity contribution in [3.05, 3.63) is 71.9 Å². The van der Waals surface area contributed by atoms with Gasteiger partial charge in [-0.3, -0.25) is 4.57 Å². The smallest absolute Gasteiger partial charge is 0.418 e. The first-order valence-electron chi connectivity index (χ1n) is 9.79. The van der Waals surface area contributed by atoms with Crippen molar-refractivity contribution in [2.24, 2.45) is 0 Å². The van der Waals surface area contributed by atoms with Gasteiger partial charge in [-0.15, -0.1) is 0 Å². The highest BCUT2D eigenvalue weighted by Crippen LogP contribution is 2.37. The number of carbonyl (C=O) groups is 1. The first-order chi connectivity index (χ1) is 13.4. The monoisotopic (exact) mass is 369 g/mol. The maximum atomic E-state index is 12.5. The molecule has 0 amide bonds. The standard InChI is InChI=1S/C25H23NO2/c1-25(2,3)28-24(27)26-14-13-19-15-18(10-12-22(19)26)20-11-9-17-8-7-16-5-4-6-21(20)23(16)17/h4-6,9-15H,7-8H2,1-3H3. The van der Waals surface area contributed by atoms with Gasteiger partial charge in [0.2, 0.25) is 0 Å². The van der Waals surface area contributed by atoms with E-state index in [1.54, 1.807) is 10.8 Å². The molecule has 3 nitrogen and oxygen atoms in total. The average molecular weight is 369 g/mol. The molecule has 28 heavy (non-hydrogen) atoms. The lowest BCUT2D eigenvalue weighted by molar-refractivity contribution is 0.0544. The normalized spacial score (nSPS) is 13.4. The zero-order valence-electron chi connectivity index (χ0n) is 16.5. The van der Waals surface area contributed by atoms with E-state index < -0.39 is 5.60 Å². The summed E-state index contributed by atoms with van der Waals surface area (Å²) in [6.45, 7) is 5.64. The molecular formula is C25H23NO2. The molecule has 0 unspecified atom stereocenters. The number of ether oxygens (including phenoxy) is 1. The molecule has 1 aliphatic rings. The zero-order chi connectivity index (χ0) is 19.5. The molecular weight excluding hydrogens is 346 g/mol. The van der Waals surface area contributed by atoms with Gasteiger partial charge < -0.3 is 4.74 Å². The van der Waals surface area contributed by atoms with Gasteiger partial charge in [0.1, 0.15) is 5.60 Å². The van der Waals surface area contributed by atoms with Gasteiger partial charge in [-0.2, -0.15) is 0 Å². The van der Waals surface area contributed by atoms with Crippen LogP contribution in [-0.2, 0) is 17.6 Å². The SMILES string of the molecule is CC(C)(C)OC(=O)n1ccc2cc(-c3ccc4c5c(cccc35)CC4)ccc21. The van der Waals surface area contributed by atoms with Crippen molar-refractivity contribution in [3.63, 3.8) is 0 Å². The third-order valence-corrected chi connectivity index (χ3v) is 5.47. The molecule has 3 aromatic carbocycles. The summed E-state index contributed by atoms with van der Waals surface area (Å²) in [5.74, 6) is 0. The summed E-state index contributed by atoms with van der Waals surface area (Å²) in [7, 11) is 0.